The van der Waals surface area contributed by atoms with E-state index in [0.717, 1.165) is 0 Å². The number of aliphatic hydroxyl groups is 2. The lowest BCUT2D eigenvalue weighted by Crippen LogP contribution is -2.38. The van der Waals surface area contributed by atoms with Gasteiger partial charge in [0.25, 0.3) is 0 Å². The molecule has 0 bridgehead atoms. The topological polar surface area (TPSA) is 69.7 Å². The van der Waals surface area contributed by atoms with Gasteiger partial charge in [-0.05, 0) is 30.9 Å². The van der Waals surface area contributed by atoms with Gasteiger partial charge in [-0.1, -0.05) is 0 Å². The predicted octanol–water partition coefficient (Wildman–Crippen LogP) is 0.482. The van der Waals surface area contributed by atoms with Crippen molar-refractivity contribution in [3.05, 3.63) is 21.9 Å². The molecular formula is C12H20N2O2S. The molecule has 0 spiro atoms. The van der Waals surface area contributed by atoms with E-state index < -0.39 is 12.2 Å². The number of likely N-dealkylation sites (tertiary alicyclic amines) is 1. The van der Waals surface area contributed by atoms with E-state index in [-0.39, 0.29) is 12.1 Å². The molecule has 1 aromatic heterocycles. The van der Waals surface area contributed by atoms with Crippen LogP contribution < -0.4 is 5.73 Å². The average molecular weight is 256 g/mol. The summed E-state index contributed by atoms with van der Waals surface area (Å²) in [6.07, 6.45) is -1.31. The summed E-state index contributed by atoms with van der Waals surface area (Å²) in [7, 11) is 0. The minimum Gasteiger partial charge on any atom is -0.389 e. The summed E-state index contributed by atoms with van der Waals surface area (Å²) in [5.74, 6) is 0. The maximum atomic E-state index is 9.64. The minimum atomic E-state index is -0.656. The Bertz CT molecular complexity index is 370. The second-order valence-corrected chi connectivity index (χ2v) is 5.81. The zero-order valence-electron chi connectivity index (χ0n) is 10.2. The molecule has 1 fully saturated rings. The lowest BCUT2D eigenvalue weighted by atomic mass is 10.0. The fourth-order valence-corrected chi connectivity index (χ4v) is 3.63. The van der Waals surface area contributed by atoms with Crippen molar-refractivity contribution in [2.45, 2.75) is 38.1 Å². The quantitative estimate of drug-likeness (QED) is 0.736. The average Bonchev–Trinajstić information content (AvgIpc) is 2.76. The second-order valence-electron chi connectivity index (χ2n) is 4.86. The Hall–Kier alpha value is -0.460. The number of rotatable bonds is 3. The van der Waals surface area contributed by atoms with Crippen LogP contribution in [-0.2, 0) is 0 Å². The van der Waals surface area contributed by atoms with Gasteiger partial charge >= 0.3 is 0 Å². The molecule has 2 rings (SSSR count). The van der Waals surface area contributed by atoms with Crippen LogP contribution in [0.15, 0.2) is 11.4 Å². The van der Waals surface area contributed by atoms with Gasteiger partial charge in [0.15, 0.2) is 0 Å². The second kappa shape index (κ2) is 5.04. The van der Waals surface area contributed by atoms with Crippen LogP contribution in [0.25, 0.3) is 0 Å². The molecule has 2 heterocycles. The van der Waals surface area contributed by atoms with Crippen molar-refractivity contribution in [2.75, 3.05) is 13.1 Å². The molecule has 96 valence electrons. The SMILES string of the molecule is Cc1ccsc1C(C(C)N)N1CC(O)C(O)C1. The van der Waals surface area contributed by atoms with E-state index >= 15 is 0 Å². The molecule has 1 aromatic rings. The molecule has 17 heavy (non-hydrogen) atoms. The van der Waals surface area contributed by atoms with Crippen LogP contribution in [-0.4, -0.2) is 46.5 Å². The van der Waals surface area contributed by atoms with Crippen molar-refractivity contribution in [1.82, 2.24) is 4.90 Å². The molecule has 4 atom stereocenters. The van der Waals surface area contributed by atoms with Crippen molar-refractivity contribution in [3.8, 4) is 0 Å². The van der Waals surface area contributed by atoms with E-state index in [1.54, 1.807) is 11.3 Å². The van der Waals surface area contributed by atoms with Gasteiger partial charge in [0.2, 0.25) is 0 Å². The molecule has 0 amide bonds. The zero-order valence-corrected chi connectivity index (χ0v) is 11.0. The number of nitrogens with two attached hydrogens (primary N) is 1. The van der Waals surface area contributed by atoms with Crippen molar-refractivity contribution in [1.29, 1.82) is 0 Å². The molecule has 5 heteroatoms. The van der Waals surface area contributed by atoms with Gasteiger partial charge < -0.3 is 15.9 Å². The monoisotopic (exact) mass is 256 g/mol. The van der Waals surface area contributed by atoms with Crippen LogP contribution in [0.4, 0.5) is 0 Å². The summed E-state index contributed by atoms with van der Waals surface area (Å²) in [6.45, 7) is 5.03. The number of aryl methyl sites for hydroxylation is 1. The first-order valence-electron chi connectivity index (χ1n) is 5.90. The number of hydrogen-bond acceptors (Lipinski definition) is 5. The van der Waals surface area contributed by atoms with Crippen LogP contribution in [0.5, 0.6) is 0 Å². The number of hydrogen-bond donors (Lipinski definition) is 3. The van der Waals surface area contributed by atoms with Crippen LogP contribution in [0.3, 0.4) is 0 Å². The van der Waals surface area contributed by atoms with E-state index in [9.17, 15) is 10.2 Å². The first-order chi connectivity index (χ1) is 8.00. The van der Waals surface area contributed by atoms with E-state index in [1.165, 1.54) is 10.4 Å². The highest BCUT2D eigenvalue weighted by Gasteiger charge is 2.36. The minimum absolute atomic E-state index is 0.0233. The first-order valence-corrected chi connectivity index (χ1v) is 6.78. The number of thiophene rings is 1. The van der Waals surface area contributed by atoms with E-state index in [0.29, 0.717) is 13.1 Å². The lowest BCUT2D eigenvalue weighted by Gasteiger charge is -2.30. The molecule has 1 aliphatic rings. The highest BCUT2D eigenvalue weighted by atomic mass is 32.1. The van der Waals surface area contributed by atoms with Crippen LogP contribution >= 0.6 is 11.3 Å². The normalized spacial score (nSPS) is 29.5. The smallest absolute Gasteiger partial charge is 0.0938 e. The van der Waals surface area contributed by atoms with Crippen molar-refractivity contribution in [3.63, 3.8) is 0 Å². The summed E-state index contributed by atoms with van der Waals surface area (Å²) in [5.41, 5.74) is 7.30. The first kappa shape index (κ1) is 13.0. The lowest BCUT2D eigenvalue weighted by molar-refractivity contribution is 0.0572. The highest BCUT2D eigenvalue weighted by molar-refractivity contribution is 7.10. The number of nitrogens with zero attached hydrogens (tertiary/aromatic N) is 1. The molecule has 0 saturated carbocycles. The predicted molar refractivity (Wildman–Crippen MR) is 69.0 cm³/mol. The molecule has 4 nitrogen and oxygen atoms in total. The van der Waals surface area contributed by atoms with Crippen LogP contribution in [0.1, 0.15) is 23.4 Å². The Morgan fingerprint density at radius 3 is 2.41 bits per heavy atom. The zero-order chi connectivity index (χ0) is 12.6. The molecule has 0 radical (unpaired) electrons. The molecule has 1 saturated heterocycles. The van der Waals surface area contributed by atoms with Gasteiger partial charge in [-0.3, -0.25) is 4.90 Å². The Morgan fingerprint density at radius 1 is 1.41 bits per heavy atom. The Balaban J connectivity index is 2.22. The number of β-amino-alcohol motifs (C(OH)–C–C–N with tert-alkyl or cyclic N) is 2. The van der Waals surface area contributed by atoms with E-state index in [1.807, 2.05) is 6.92 Å². The van der Waals surface area contributed by atoms with E-state index in [4.69, 9.17) is 5.73 Å². The Morgan fingerprint density at radius 2 is 2.00 bits per heavy atom. The van der Waals surface area contributed by atoms with Gasteiger partial charge in [-0.25, -0.2) is 0 Å². The summed E-state index contributed by atoms with van der Waals surface area (Å²) in [6, 6.07) is 2.14. The molecule has 4 N–H and O–H groups in total. The fraction of sp³-hybridized carbons (Fsp3) is 0.667. The van der Waals surface area contributed by atoms with Gasteiger partial charge in [0, 0.05) is 24.0 Å². The Kier molecular flexibility index (Phi) is 3.85. The third-order valence-electron chi connectivity index (χ3n) is 3.35. The van der Waals surface area contributed by atoms with Crippen LogP contribution in [0.2, 0.25) is 0 Å². The standard InChI is InChI=1S/C12H20N2O2S/c1-7-3-4-17-12(7)11(8(2)13)14-5-9(15)10(16)6-14/h3-4,8-11,15-16H,5-6,13H2,1-2H3. The largest absolute Gasteiger partial charge is 0.389 e. The highest BCUT2D eigenvalue weighted by Crippen LogP contribution is 2.33. The van der Waals surface area contributed by atoms with Crippen molar-refractivity contribution >= 4 is 11.3 Å². The summed E-state index contributed by atoms with van der Waals surface area (Å²) in [4.78, 5) is 3.32. The molecule has 1 aliphatic heterocycles. The molecule has 0 aliphatic carbocycles. The maximum Gasteiger partial charge on any atom is 0.0938 e. The number of aliphatic hydroxyl groups excluding tert-OH is 2. The maximum absolute atomic E-state index is 9.64. The van der Waals surface area contributed by atoms with Crippen LogP contribution in [0, 0.1) is 6.92 Å². The van der Waals surface area contributed by atoms with Crippen molar-refractivity contribution in [2.24, 2.45) is 5.73 Å². The van der Waals surface area contributed by atoms with Crippen molar-refractivity contribution < 1.29 is 10.2 Å². The van der Waals surface area contributed by atoms with Gasteiger partial charge in [0.05, 0.1) is 18.2 Å². The molecular weight excluding hydrogens is 236 g/mol. The third-order valence-corrected chi connectivity index (χ3v) is 4.44. The summed E-state index contributed by atoms with van der Waals surface area (Å²) >= 11 is 1.69. The van der Waals surface area contributed by atoms with Gasteiger partial charge in [0.1, 0.15) is 0 Å². The summed E-state index contributed by atoms with van der Waals surface area (Å²) in [5, 5.41) is 21.3. The fourth-order valence-electron chi connectivity index (χ4n) is 2.45. The molecule has 4 unspecified atom stereocenters. The molecule has 0 aromatic carbocycles. The van der Waals surface area contributed by atoms with Gasteiger partial charge in [-0.15, -0.1) is 11.3 Å². The van der Waals surface area contributed by atoms with E-state index in [2.05, 4.69) is 23.3 Å². The third kappa shape index (κ3) is 2.53. The van der Waals surface area contributed by atoms with Gasteiger partial charge in [-0.2, -0.15) is 0 Å². The Labute approximate surface area is 106 Å². The summed E-state index contributed by atoms with van der Waals surface area (Å²) < 4.78 is 0.